The number of nitrogens with zero attached hydrogens (tertiary/aromatic N) is 2. The molecule has 6 heteroatoms. The van der Waals surface area contributed by atoms with E-state index in [4.69, 9.17) is 4.65 Å². The largest absolute Gasteiger partial charge is 0.552 e. The molecule has 0 amide bonds. The Morgan fingerprint density at radius 1 is 1.50 bits per heavy atom. The van der Waals surface area contributed by atoms with E-state index in [1.165, 1.54) is 12.0 Å². The minimum Gasteiger partial charge on any atom is -0.531 e. The first kappa shape index (κ1) is 13.8. The molecule has 0 bridgehead atoms. The van der Waals surface area contributed by atoms with Crippen molar-refractivity contribution < 1.29 is 9.68 Å². The van der Waals surface area contributed by atoms with Crippen molar-refractivity contribution >= 4 is 23.7 Å². The highest BCUT2D eigenvalue weighted by Gasteiger charge is 2.35. The van der Waals surface area contributed by atoms with Crippen LogP contribution in [0.1, 0.15) is 18.9 Å². The van der Waals surface area contributed by atoms with Gasteiger partial charge in [-0.05, 0) is 49.5 Å². The molecule has 0 aromatic carbocycles. The summed E-state index contributed by atoms with van der Waals surface area (Å²) in [5.41, 5.74) is 3.14. The number of likely N-dealkylation sites (tertiary alicyclic amines) is 1. The number of pyridine rings is 1. The van der Waals surface area contributed by atoms with Gasteiger partial charge in [-0.25, -0.2) is 4.98 Å². The lowest BCUT2D eigenvalue weighted by atomic mass is 9.72. The molecule has 2 N–H and O–H groups in total. The number of aromatic amines is 1. The van der Waals surface area contributed by atoms with Gasteiger partial charge in [0.1, 0.15) is 11.4 Å². The van der Waals surface area contributed by atoms with Gasteiger partial charge in [0.25, 0.3) is 0 Å². The lowest BCUT2D eigenvalue weighted by Gasteiger charge is -2.38. The van der Waals surface area contributed by atoms with Gasteiger partial charge in [-0.1, -0.05) is 6.92 Å². The molecule has 1 fully saturated rings. The van der Waals surface area contributed by atoms with Crippen molar-refractivity contribution in [2.24, 2.45) is 11.8 Å². The zero-order chi connectivity index (χ0) is 15.3. The minimum atomic E-state index is -0.889. The summed E-state index contributed by atoms with van der Waals surface area (Å²) in [5, 5.41) is 11.1. The molecule has 0 unspecified atom stereocenters. The van der Waals surface area contributed by atoms with E-state index in [2.05, 4.69) is 28.8 Å². The van der Waals surface area contributed by atoms with Gasteiger partial charge in [0.15, 0.2) is 0 Å². The number of piperidine rings is 1. The topological polar surface area (TPSA) is 61.4 Å². The average Bonchev–Trinajstić information content (AvgIpc) is 2.97. The monoisotopic (exact) mass is 297 g/mol. The predicted octanol–water partition coefficient (Wildman–Crippen LogP) is 1.95. The molecule has 2 aliphatic rings. The maximum atomic E-state index is 10.1. The molecule has 0 spiro atoms. The Kier molecular flexibility index (Phi) is 3.24. The molecule has 2 aliphatic heterocycles. The molecule has 114 valence electrons. The van der Waals surface area contributed by atoms with Crippen LogP contribution in [-0.4, -0.2) is 47.1 Å². The molecule has 0 saturated carbocycles. The van der Waals surface area contributed by atoms with Crippen LogP contribution < -0.4 is 4.65 Å². The third-order valence-electron chi connectivity index (χ3n) is 4.97. The molecule has 4 heterocycles. The van der Waals surface area contributed by atoms with Gasteiger partial charge in [-0.15, -0.1) is 0 Å². The minimum absolute atomic E-state index is 0.400. The number of rotatable bonds is 1. The van der Waals surface area contributed by atoms with Crippen molar-refractivity contribution in [2.75, 3.05) is 20.1 Å². The second kappa shape index (κ2) is 5.14. The van der Waals surface area contributed by atoms with Gasteiger partial charge >= 0.3 is 7.12 Å². The molecule has 2 atom stereocenters. The van der Waals surface area contributed by atoms with Gasteiger partial charge in [0.2, 0.25) is 0 Å². The molecule has 0 radical (unpaired) electrons. The van der Waals surface area contributed by atoms with Crippen LogP contribution in [0, 0.1) is 11.8 Å². The zero-order valence-corrected chi connectivity index (χ0v) is 12.9. The predicted molar refractivity (Wildman–Crippen MR) is 87.4 cm³/mol. The molecule has 1 saturated heterocycles. The Hall–Kier alpha value is -1.79. The van der Waals surface area contributed by atoms with Crippen LogP contribution in [-0.2, 0) is 0 Å². The summed E-state index contributed by atoms with van der Waals surface area (Å²) in [7, 11) is 1.27. The maximum Gasteiger partial charge on any atom is 0.552 e. The molecule has 0 aliphatic carbocycles. The summed E-state index contributed by atoms with van der Waals surface area (Å²) in [6, 6.07) is 2.03. The normalized spacial score (nSPS) is 25.8. The smallest absolute Gasteiger partial charge is 0.531 e. The third kappa shape index (κ3) is 2.14. The molecule has 5 nitrogen and oxygen atoms in total. The van der Waals surface area contributed by atoms with Crippen LogP contribution >= 0.6 is 0 Å². The van der Waals surface area contributed by atoms with Crippen LogP contribution in [0.3, 0.4) is 0 Å². The van der Waals surface area contributed by atoms with E-state index < -0.39 is 7.12 Å². The van der Waals surface area contributed by atoms with Crippen molar-refractivity contribution in [3.63, 3.8) is 0 Å². The van der Waals surface area contributed by atoms with Gasteiger partial charge in [0.05, 0.1) is 6.20 Å². The number of fused-ring (bicyclic) bond motifs is 3. The van der Waals surface area contributed by atoms with Gasteiger partial charge in [-0.3, -0.25) is 0 Å². The number of nitrogens with one attached hydrogen (secondary N) is 1. The van der Waals surface area contributed by atoms with Crippen molar-refractivity contribution in [3.8, 4) is 5.75 Å². The first-order valence-electron chi connectivity index (χ1n) is 7.85. The lowest BCUT2D eigenvalue weighted by molar-refractivity contribution is 0.189. The summed E-state index contributed by atoms with van der Waals surface area (Å²) < 4.78 is 5.58. The van der Waals surface area contributed by atoms with Crippen molar-refractivity contribution in [1.82, 2.24) is 14.9 Å². The van der Waals surface area contributed by atoms with Crippen LogP contribution in [0.2, 0.25) is 0 Å². The first-order chi connectivity index (χ1) is 10.6. The summed E-state index contributed by atoms with van der Waals surface area (Å²) in [4.78, 5) is 9.89. The van der Waals surface area contributed by atoms with E-state index in [1.807, 2.05) is 18.2 Å². The number of aromatic nitrogens is 2. The number of H-pyrrole nitrogens is 1. The fourth-order valence-corrected chi connectivity index (χ4v) is 3.72. The summed E-state index contributed by atoms with van der Waals surface area (Å²) in [5.74, 6) is 3.53. The highest BCUT2D eigenvalue weighted by Crippen LogP contribution is 2.43. The Morgan fingerprint density at radius 3 is 3.23 bits per heavy atom. The van der Waals surface area contributed by atoms with Crippen LogP contribution in [0.4, 0.5) is 0 Å². The van der Waals surface area contributed by atoms with Crippen molar-refractivity contribution in [1.29, 1.82) is 0 Å². The third-order valence-corrected chi connectivity index (χ3v) is 4.97. The van der Waals surface area contributed by atoms with E-state index in [-0.39, 0.29) is 0 Å². The van der Waals surface area contributed by atoms with Crippen molar-refractivity contribution in [3.05, 3.63) is 30.0 Å². The second-order valence-corrected chi connectivity index (χ2v) is 6.50. The Bertz CT molecular complexity index is 742. The van der Waals surface area contributed by atoms with Gasteiger partial charge < -0.3 is 19.6 Å². The Balaban J connectivity index is 1.87. The Morgan fingerprint density at radius 2 is 2.36 bits per heavy atom. The van der Waals surface area contributed by atoms with E-state index in [0.29, 0.717) is 17.6 Å². The summed E-state index contributed by atoms with van der Waals surface area (Å²) in [6.45, 7) is 4.44. The standard InChI is InChI=1S/C16H20BN3O2/c1-10-4-6-20(2)9-13(10)12-7-17(21)22-14-8-19-16-11(15(12)14)3-5-18-16/h3,5,7-8,10,13,21H,4,6,9H2,1-2H3,(H,18,19)/t10-,13+/m0/s1. The van der Waals surface area contributed by atoms with Crippen LogP contribution in [0.15, 0.2) is 24.4 Å². The van der Waals surface area contributed by atoms with E-state index in [0.717, 1.165) is 29.7 Å². The number of hydrogen-bond donors (Lipinski definition) is 2. The second-order valence-electron chi connectivity index (χ2n) is 6.50. The van der Waals surface area contributed by atoms with Crippen LogP contribution in [0.5, 0.6) is 5.75 Å². The van der Waals surface area contributed by atoms with E-state index in [9.17, 15) is 5.02 Å². The highest BCUT2D eigenvalue weighted by molar-refractivity contribution is 6.52. The maximum absolute atomic E-state index is 10.1. The summed E-state index contributed by atoms with van der Waals surface area (Å²) in [6.07, 6.45) is 4.78. The van der Waals surface area contributed by atoms with E-state index >= 15 is 0 Å². The molecule has 2 aromatic heterocycles. The first-order valence-corrected chi connectivity index (χ1v) is 7.85. The average molecular weight is 297 g/mol. The lowest BCUT2D eigenvalue weighted by Crippen LogP contribution is -2.39. The molecule has 2 aromatic rings. The fourth-order valence-electron chi connectivity index (χ4n) is 3.72. The van der Waals surface area contributed by atoms with Crippen molar-refractivity contribution in [2.45, 2.75) is 13.3 Å². The molecular weight excluding hydrogens is 277 g/mol. The fraction of sp³-hybridized carbons (Fsp3) is 0.438. The Labute approximate surface area is 130 Å². The number of hydrogen-bond acceptors (Lipinski definition) is 4. The van der Waals surface area contributed by atoms with Gasteiger partial charge in [-0.2, -0.15) is 0 Å². The van der Waals surface area contributed by atoms with Gasteiger partial charge in [0, 0.05) is 23.7 Å². The SMILES string of the molecule is C[C@H]1CCN(C)C[C@H]1C1=CB(O)Oc2cnc3[nH]ccc3c21. The van der Waals surface area contributed by atoms with E-state index in [1.54, 1.807) is 6.20 Å². The molecular formula is C16H20BN3O2. The molecule has 4 rings (SSSR count). The highest BCUT2D eigenvalue weighted by atomic mass is 16.5. The molecule has 22 heavy (non-hydrogen) atoms. The van der Waals surface area contributed by atoms with Crippen LogP contribution in [0.25, 0.3) is 16.6 Å². The quantitative estimate of drug-likeness (QED) is 0.790. The summed E-state index contributed by atoms with van der Waals surface area (Å²) >= 11 is 0. The zero-order valence-electron chi connectivity index (χ0n) is 12.9.